The second kappa shape index (κ2) is 7.89. The van der Waals surface area contributed by atoms with Gasteiger partial charge in [-0.2, -0.15) is 10.1 Å². The van der Waals surface area contributed by atoms with Gasteiger partial charge in [-0.3, -0.25) is 0 Å². The molecule has 1 saturated heterocycles. The molecule has 2 aromatic rings. The SMILES string of the molecule is CCc1cccc(/C=N\Nc2ncc(F)c(N3CCOCC3)n2)c1O. The van der Waals surface area contributed by atoms with Gasteiger partial charge >= 0.3 is 0 Å². The lowest BCUT2D eigenvalue weighted by Gasteiger charge is -2.27. The molecule has 0 atom stereocenters. The van der Waals surface area contributed by atoms with E-state index in [9.17, 15) is 9.50 Å². The van der Waals surface area contributed by atoms with Gasteiger partial charge < -0.3 is 14.7 Å². The zero-order valence-corrected chi connectivity index (χ0v) is 13.9. The first-order chi connectivity index (χ1) is 12.2. The Hall–Kier alpha value is -2.74. The number of nitrogens with zero attached hydrogens (tertiary/aromatic N) is 4. The summed E-state index contributed by atoms with van der Waals surface area (Å²) in [6, 6.07) is 5.47. The molecule has 0 spiro atoms. The highest BCUT2D eigenvalue weighted by atomic mass is 19.1. The number of hydrazone groups is 1. The normalized spacial score (nSPS) is 14.9. The van der Waals surface area contributed by atoms with Crippen LogP contribution in [-0.2, 0) is 11.2 Å². The molecule has 0 amide bonds. The van der Waals surface area contributed by atoms with Crippen LogP contribution in [0.2, 0.25) is 0 Å². The predicted molar refractivity (Wildman–Crippen MR) is 93.7 cm³/mol. The lowest BCUT2D eigenvalue weighted by molar-refractivity contribution is 0.122. The molecular formula is C17H20FN5O2. The third-order valence-corrected chi connectivity index (χ3v) is 3.94. The number of para-hydroxylation sites is 1. The summed E-state index contributed by atoms with van der Waals surface area (Å²) in [5.74, 6) is 0.131. The summed E-state index contributed by atoms with van der Waals surface area (Å²) in [7, 11) is 0. The minimum Gasteiger partial charge on any atom is -0.507 e. The first-order valence-electron chi connectivity index (χ1n) is 8.14. The van der Waals surface area contributed by atoms with Crippen LogP contribution in [0.25, 0.3) is 0 Å². The second-order valence-electron chi connectivity index (χ2n) is 5.54. The van der Waals surface area contributed by atoms with Crippen LogP contribution in [0.4, 0.5) is 16.2 Å². The minimum atomic E-state index is -0.482. The quantitative estimate of drug-likeness (QED) is 0.638. The van der Waals surface area contributed by atoms with Crippen LogP contribution in [0, 0.1) is 5.82 Å². The average molecular weight is 345 g/mol. The Labute approximate surface area is 145 Å². The molecular weight excluding hydrogens is 325 g/mol. The Bertz CT molecular complexity index is 763. The number of ether oxygens (including phenoxy) is 1. The first kappa shape index (κ1) is 17.1. The van der Waals surface area contributed by atoms with Crippen molar-refractivity contribution in [2.24, 2.45) is 5.10 Å². The zero-order chi connectivity index (χ0) is 17.6. The van der Waals surface area contributed by atoms with Crippen LogP contribution in [0.3, 0.4) is 0 Å². The van der Waals surface area contributed by atoms with E-state index >= 15 is 0 Å². The molecule has 0 saturated carbocycles. The van der Waals surface area contributed by atoms with E-state index in [0.29, 0.717) is 31.9 Å². The van der Waals surface area contributed by atoms with E-state index in [0.717, 1.165) is 18.2 Å². The fourth-order valence-corrected chi connectivity index (χ4v) is 2.57. The van der Waals surface area contributed by atoms with Gasteiger partial charge in [-0.05, 0) is 18.1 Å². The molecule has 2 N–H and O–H groups in total. The number of hydrogen-bond donors (Lipinski definition) is 2. The van der Waals surface area contributed by atoms with E-state index in [4.69, 9.17) is 4.74 Å². The Morgan fingerprint density at radius 2 is 2.20 bits per heavy atom. The maximum Gasteiger partial charge on any atom is 0.245 e. The van der Waals surface area contributed by atoms with Crippen molar-refractivity contribution in [3.8, 4) is 5.75 Å². The van der Waals surface area contributed by atoms with Crippen LogP contribution in [0.15, 0.2) is 29.5 Å². The maximum absolute atomic E-state index is 14.0. The molecule has 8 heteroatoms. The molecule has 0 unspecified atom stereocenters. The monoisotopic (exact) mass is 345 g/mol. The molecule has 2 heterocycles. The lowest BCUT2D eigenvalue weighted by atomic mass is 10.1. The van der Waals surface area contributed by atoms with Gasteiger partial charge in [-0.1, -0.05) is 19.1 Å². The smallest absolute Gasteiger partial charge is 0.245 e. The second-order valence-corrected chi connectivity index (χ2v) is 5.54. The standard InChI is InChI=1S/C17H20FN5O2/c1-2-12-4-3-5-13(15(12)24)10-20-22-17-19-11-14(18)16(21-17)23-6-8-25-9-7-23/h3-5,10-11,24H,2,6-9H2,1H3,(H,19,21,22)/b20-10-. The fraction of sp³-hybridized carbons (Fsp3) is 0.353. The number of rotatable bonds is 5. The van der Waals surface area contributed by atoms with Crippen LogP contribution < -0.4 is 10.3 Å². The van der Waals surface area contributed by atoms with Gasteiger partial charge in [0.2, 0.25) is 5.95 Å². The third-order valence-electron chi connectivity index (χ3n) is 3.94. The van der Waals surface area contributed by atoms with Crippen LogP contribution in [0.1, 0.15) is 18.1 Å². The summed E-state index contributed by atoms with van der Waals surface area (Å²) in [4.78, 5) is 9.88. The number of phenolic OH excluding ortho intramolecular Hbond substituents is 1. The zero-order valence-electron chi connectivity index (χ0n) is 13.9. The number of aromatic hydroxyl groups is 1. The van der Waals surface area contributed by atoms with Crippen molar-refractivity contribution >= 4 is 18.0 Å². The predicted octanol–water partition coefficient (Wildman–Crippen LogP) is 2.17. The van der Waals surface area contributed by atoms with Crippen LogP contribution in [0.5, 0.6) is 5.75 Å². The number of benzene rings is 1. The molecule has 1 aromatic carbocycles. The summed E-state index contributed by atoms with van der Waals surface area (Å²) in [6.07, 6.45) is 3.32. The largest absolute Gasteiger partial charge is 0.507 e. The number of halogens is 1. The number of aromatic nitrogens is 2. The Morgan fingerprint density at radius 1 is 1.40 bits per heavy atom. The Balaban J connectivity index is 1.73. The fourth-order valence-electron chi connectivity index (χ4n) is 2.57. The van der Waals surface area contributed by atoms with Crippen molar-refractivity contribution in [2.45, 2.75) is 13.3 Å². The summed E-state index contributed by atoms with van der Waals surface area (Å²) >= 11 is 0. The number of aryl methyl sites for hydroxylation is 1. The van der Waals surface area contributed by atoms with Crippen LogP contribution in [-0.4, -0.2) is 47.6 Å². The van der Waals surface area contributed by atoms with Gasteiger partial charge in [0.05, 0.1) is 25.6 Å². The number of nitrogens with one attached hydrogen (secondary N) is 1. The molecule has 3 rings (SSSR count). The highest BCUT2D eigenvalue weighted by molar-refractivity contribution is 5.84. The Morgan fingerprint density at radius 3 is 2.96 bits per heavy atom. The van der Waals surface area contributed by atoms with E-state index in [1.54, 1.807) is 6.07 Å². The van der Waals surface area contributed by atoms with E-state index in [-0.39, 0.29) is 17.5 Å². The first-order valence-corrected chi connectivity index (χ1v) is 8.14. The molecule has 1 fully saturated rings. The van der Waals surface area contributed by atoms with Crippen molar-refractivity contribution < 1.29 is 14.2 Å². The number of phenols is 1. The highest BCUT2D eigenvalue weighted by Crippen LogP contribution is 2.21. The van der Waals surface area contributed by atoms with Crippen molar-refractivity contribution in [1.29, 1.82) is 0 Å². The summed E-state index contributed by atoms with van der Waals surface area (Å²) in [5.41, 5.74) is 4.11. The summed E-state index contributed by atoms with van der Waals surface area (Å²) < 4.78 is 19.2. The van der Waals surface area contributed by atoms with Gasteiger partial charge in [-0.15, -0.1) is 0 Å². The van der Waals surface area contributed by atoms with Crippen LogP contribution >= 0.6 is 0 Å². The molecule has 1 aliphatic heterocycles. The van der Waals surface area contributed by atoms with E-state index in [2.05, 4.69) is 20.5 Å². The average Bonchev–Trinajstić information content (AvgIpc) is 2.65. The summed E-state index contributed by atoms with van der Waals surface area (Å²) in [6.45, 7) is 4.20. The van der Waals surface area contributed by atoms with Gasteiger partial charge in [0, 0.05) is 18.7 Å². The summed E-state index contributed by atoms with van der Waals surface area (Å²) in [5, 5.41) is 14.2. The molecule has 132 valence electrons. The van der Waals surface area contributed by atoms with Gasteiger partial charge in [0.1, 0.15) is 5.75 Å². The van der Waals surface area contributed by atoms with E-state index in [1.165, 1.54) is 6.21 Å². The van der Waals surface area contributed by atoms with Crippen molar-refractivity contribution in [3.05, 3.63) is 41.3 Å². The molecule has 25 heavy (non-hydrogen) atoms. The minimum absolute atomic E-state index is 0.185. The molecule has 0 radical (unpaired) electrons. The molecule has 7 nitrogen and oxygen atoms in total. The van der Waals surface area contributed by atoms with E-state index in [1.807, 2.05) is 24.0 Å². The maximum atomic E-state index is 14.0. The van der Waals surface area contributed by atoms with Gasteiger partial charge in [-0.25, -0.2) is 14.8 Å². The molecule has 0 bridgehead atoms. The molecule has 1 aliphatic rings. The van der Waals surface area contributed by atoms with E-state index < -0.39 is 5.82 Å². The van der Waals surface area contributed by atoms with Gasteiger partial charge in [0.15, 0.2) is 11.6 Å². The van der Waals surface area contributed by atoms with Crippen molar-refractivity contribution in [3.63, 3.8) is 0 Å². The molecule has 1 aromatic heterocycles. The lowest BCUT2D eigenvalue weighted by Crippen LogP contribution is -2.37. The number of hydrogen-bond acceptors (Lipinski definition) is 7. The Kier molecular flexibility index (Phi) is 5.39. The molecule has 0 aliphatic carbocycles. The highest BCUT2D eigenvalue weighted by Gasteiger charge is 2.17. The number of morpholine rings is 1. The topological polar surface area (TPSA) is 82.9 Å². The number of anilines is 2. The third kappa shape index (κ3) is 4.03. The van der Waals surface area contributed by atoms with Crippen molar-refractivity contribution in [2.75, 3.05) is 36.6 Å². The van der Waals surface area contributed by atoms with Gasteiger partial charge in [0.25, 0.3) is 0 Å². The van der Waals surface area contributed by atoms with Crippen molar-refractivity contribution in [1.82, 2.24) is 9.97 Å².